The molecule has 0 atom stereocenters. The topological polar surface area (TPSA) is 113 Å². The van der Waals surface area contributed by atoms with Crippen LogP contribution in [0.3, 0.4) is 0 Å². The lowest BCUT2D eigenvalue weighted by molar-refractivity contribution is -0.136. The van der Waals surface area contributed by atoms with Crippen molar-refractivity contribution in [1.82, 2.24) is 19.6 Å². The Balaban J connectivity index is 1.52. The fraction of sp³-hybridized carbons (Fsp3) is 0.259. The number of aromatic nitrogens is 2. The van der Waals surface area contributed by atoms with E-state index in [4.69, 9.17) is 11.6 Å². The van der Waals surface area contributed by atoms with Crippen LogP contribution in [0.2, 0.25) is 5.02 Å². The second kappa shape index (κ2) is 10.8. The Morgan fingerprint density at radius 3 is 2.25 bits per heavy atom. The molecule has 4 aromatic rings. The predicted octanol–water partition coefficient (Wildman–Crippen LogP) is 5.46. The Morgan fingerprint density at radius 2 is 1.68 bits per heavy atom. The third kappa shape index (κ3) is 6.40. The van der Waals surface area contributed by atoms with Crippen molar-refractivity contribution in [2.24, 2.45) is 0 Å². The number of imidazole rings is 1. The number of nitrogens with zero attached hydrogens (tertiary/aromatic N) is 2. The van der Waals surface area contributed by atoms with Crippen LogP contribution < -0.4 is 10.0 Å². The van der Waals surface area contributed by atoms with E-state index in [1.165, 1.54) is 36.6 Å². The fourth-order valence-electron chi connectivity index (χ4n) is 4.10. The largest absolute Gasteiger partial charge is 0.418 e. The lowest BCUT2D eigenvalue weighted by atomic mass is 10.1. The molecule has 1 heterocycles. The van der Waals surface area contributed by atoms with Gasteiger partial charge in [-0.3, -0.25) is 4.57 Å². The number of aliphatic hydroxyl groups is 1. The zero-order valence-electron chi connectivity index (χ0n) is 21.7. The highest BCUT2D eigenvalue weighted by Crippen LogP contribution is 2.39. The highest BCUT2D eigenvalue weighted by Gasteiger charge is 2.36. The van der Waals surface area contributed by atoms with Crippen LogP contribution in [-0.4, -0.2) is 35.7 Å². The molecule has 0 saturated heterocycles. The maximum absolute atomic E-state index is 13.7. The van der Waals surface area contributed by atoms with Gasteiger partial charge >= 0.3 is 12.2 Å². The van der Waals surface area contributed by atoms with Crippen molar-refractivity contribution in [3.63, 3.8) is 0 Å². The number of nitrogens with one attached hydrogen (secondary N) is 2. The molecule has 2 amide bonds. The molecule has 0 spiro atoms. The van der Waals surface area contributed by atoms with Crippen molar-refractivity contribution in [1.29, 1.82) is 0 Å². The van der Waals surface area contributed by atoms with Crippen LogP contribution in [0.15, 0.2) is 65.6 Å². The molecule has 0 bridgehead atoms. The van der Waals surface area contributed by atoms with Gasteiger partial charge in [0.05, 0.1) is 16.0 Å². The van der Waals surface area contributed by atoms with Gasteiger partial charge in [-0.05, 0) is 69.2 Å². The molecule has 0 aliphatic heterocycles. The minimum absolute atomic E-state index is 0.00357. The number of sulfonamides is 1. The minimum Gasteiger partial charge on any atom is -0.382 e. The molecule has 0 fully saturated rings. The molecule has 3 N–H and O–H groups in total. The number of fused-ring (bicyclic) bond motifs is 1. The van der Waals surface area contributed by atoms with E-state index in [9.17, 15) is 31.5 Å². The highest BCUT2D eigenvalue weighted by molar-refractivity contribution is 7.90. The lowest BCUT2D eigenvalue weighted by Crippen LogP contribution is -2.40. The summed E-state index contributed by atoms with van der Waals surface area (Å²) in [4.78, 5) is 16.3. The van der Waals surface area contributed by atoms with Gasteiger partial charge in [0.15, 0.2) is 0 Å². The number of rotatable bonds is 7. The number of benzene rings is 3. The smallest absolute Gasteiger partial charge is 0.382 e. The number of alkyl halides is 3. The van der Waals surface area contributed by atoms with Crippen molar-refractivity contribution in [3.05, 3.63) is 88.2 Å². The first-order valence-corrected chi connectivity index (χ1v) is 13.9. The second-order valence-electron chi connectivity index (χ2n) is 9.74. The van der Waals surface area contributed by atoms with Gasteiger partial charge in [-0.1, -0.05) is 41.4 Å². The van der Waals surface area contributed by atoms with Gasteiger partial charge in [-0.2, -0.15) is 13.2 Å². The molecule has 0 saturated carbocycles. The third-order valence-electron chi connectivity index (χ3n) is 6.03. The van der Waals surface area contributed by atoms with Crippen LogP contribution in [0.1, 0.15) is 36.4 Å². The van der Waals surface area contributed by atoms with Crippen molar-refractivity contribution in [3.8, 4) is 5.69 Å². The maximum Gasteiger partial charge on any atom is 0.418 e. The zero-order valence-corrected chi connectivity index (χ0v) is 23.2. The summed E-state index contributed by atoms with van der Waals surface area (Å²) in [5.74, 6) is -0.00357. The first-order valence-electron chi connectivity index (χ1n) is 12.0. The van der Waals surface area contributed by atoms with E-state index >= 15 is 0 Å². The van der Waals surface area contributed by atoms with Crippen molar-refractivity contribution < 1.29 is 31.5 Å². The third-order valence-corrected chi connectivity index (χ3v) is 7.59. The molecule has 0 aliphatic rings. The number of aryl methyl sites for hydroxylation is 1. The summed E-state index contributed by atoms with van der Waals surface area (Å²) in [7, 11) is -4.02. The second-order valence-corrected chi connectivity index (χ2v) is 11.9. The van der Waals surface area contributed by atoms with E-state index < -0.39 is 33.4 Å². The molecule has 0 aliphatic carbocycles. The normalized spacial score (nSPS) is 12.5. The average Bonchev–Trinajstić information content (AvgIpc) is 3.23. The van der Waals surface area contributed by atoms with Gasteiger partial charge in [0.1, 0.15) is 16.9 Å². The molecule has 4 rings (SSSR count). The molecular formula is C27H26ClF3N4O4S. The molecule has 8 nitrogen and oxygen atoms in total. The monoisotopic (exact) mass is 594 g/mol. The molecule has 0 radical (unpaired) electrons. The quantitative estimate of drug-likeness (QED) is 0.263. The van der Waals surface area contributed by atoms with Gasteiger partial charge in [0.2, 0.25) is 0 Å². The summed E-state index contributed by atoms with van der Waals surface area (Å²) in [6, 6.07) is 14.0. The summed E-state index contributed by atoms with van der Waals surface area (Å²) in [6.07, 6.45) is -4.37. The Morgan fingerprint density at radius 1 is 1.05 bits per heavy atom. The van der Waals surface area contributed by atoms with E-state index in [1.807, 2.05) is 11.6 Å². The molecule has 1 aromatic heterocycles. The SMILES string of the molecule is Cc1ccc(S(=O)(=O)NC(=O)NCCc2ccc(-n3c(C(C)(C)O)nc4c(C(F)(F)F)cc(Cl)cc43)cc2)cc1. The van der Waals surface area contributed by atoms with E-state index in [1.54, 1.807) is 36.4 Å². The summed E-state index contributed by atoms with van der Waals surface area (Å²) < 4.78 is 69.3. The molecule has 212 valence electrons. The van der Waals surface area contributed by atoms with E-state index in [0.717, 1.165) is 17.2 Å². The molecule has 0 unspecified atom stereocenters. The van der Waals surface area contributed by atoms with Gasteiger partial charge in [0.25, 0.3) is 10.0 Å². The Labute approximate surface area is 233 Å². The Kier molecular flexibility index (Phi) is 7.90. The molecule has 3 aromatic carbocycles. The van der Waals surface area contributed by atoms with E-state index in [2.05, 4.69) is 10.3 Å². The van der Waals surface area contributed by atoms with Crippen molar-refractivity contribution in [2.75, 3.05) is 6.54 Å². The van der Waals surface area contributed by atoms with Crippen LogP contribution in [-0.2, 0) is 28.2 Å². The summed E-state index contributed by atoms with van der Waals surface area (Å²) in [5.41, 5.74) is -0.774. The van der Waals surface area contributed by atoms with Crippen LogP contribution >= 0.6 is 11.6 Å². The average molecular weight is 595 g/mol. The first kappa shape index (κ1) is 29.4. The van der Waals surface area contributed by atoms with Crippen LogP contribution in [0.4, 0.5) is 18.0 Å². The van der Waals surface area contributed by atoms with Crippen LogP contribution in [0, 0.1) is 6.92 Å². The van der Waals surface area contributed by atoms with Crippen LogP contribution in [0.5, 0.6) is 0 Å². The minimum atomic E-state index is -4.71. The number of carbonyl (C=O) groups is 1. The van der Waals surface area contributed by atoms with Gasteiger partial charge in [0, 0.05) is 17.3 Å². The zero-order chi connectivity index (χ0) is 29.5. The van der Waals surface area contributed by atoms with Crippen molar-refractivity contribution in [2.45, 2.75) is 43.9 Å². The number of amides is 2. The number of hydrogen-bond acceptors (Lipinski definition) is 5. The Bertz CT molecular complexity index is 1660. The van der Waals surface area contributed by atoms with Gasteiger partial charge in [-0.25, -0.2) is 22.9 Å². The number of urea groups is 1. The number of carbonyl (C=O) groups excluding carboxylic acids is 1. The first-order chi connectivity index (χ1) is 18.6. The Hall–Kier alpha value is -3.61. The molecule has 13 heteroatoms. The summed E-state index contributed by atoms with van der Waals surface area (Å²) in [6.45, 7) is 4.77. The summed E-state index contributed by atoms with van der Waals surface area (Å²) >= 11 is 6.02. The van der Waals surface area contributed by atoms with E-state index in [-0.39, 0.29) is 33.3 Å². The number of halogens is 4. The van der Waals surface area contributed by atoms with Gasteiger partial charge in [-0.15, -0.1) is 0 Å². The molecule has 40 heavy (non-hydrogen) atoms. The summed E-state index contributed by atoms with van der Waals surface area (Å²) in [5, 5.41) is 13.1. The van der Waals surface area contributed by atoms with Crippen molar-refractivity contribution >= 4 is 38.7 Å². The highest BCUT2D eigenvalue weighted by atomic mass is 35.5. The standard InChI is InChI=1S/C27H26ClF3N4O4S/c1-16-4-10-20(11-5-16)40(38,39)34-25(36)32-13-12-17-6-8-19(9-7-17)35-22-15-18(28)14-21(27(29,30)31)23(22)33-24(35)26(2,3)37/h4-11,14-15,37H,12-13H2,1-3H3,(H2,32,34,36). The lowest BCUT2D eigenvalue weighted by Gasteiger charge is -2.19. The van der Waals surface area contributed by atoms with E-state index in [0.29, 0.717) is 12.1 Å². The fourth-order valence-corrected chi connectivity index (χ4v) is 5.24. The molecular weight excluding hydrogens is 569 g/mol. The van der Waals surface area contributed by atoms with Crippen LogP contribution in [0.25, 0.3) is 16.7 Å². The van der Waals surface area contributed by atoms with Gasteiger partial charge < -0.3 is 10.4 Å². The maximum atomic E-state index is 13.7. The number of hydrogen-bond donors (Lipinski definition) is 3. The predicted molar refractivity (Wildman–Crippen MR) is 145 cm³/mol.